The number of rotatable bonds is 44. The number of carbonyl (C=O) groups excluding carboxylic acids is 3. The summed E-state index contributed by atoms with van der Waals surface area (Å²) < 4.78 is 16.7. The van der Waals surface area contributed by atoms with Crippen molar-refractivity contribution in [3.63, 3.8) is 0 Å². The van der Waals surface area contributed by atoms with Gasteiger partial charge in [-0.3, -0.25) is 14.4 Å². The predicted molar refractivity (Wildman–Crippen MR) is 242 cm³/mol. The third kappa shape index (κ3) is 44.6. The minimum Gasteiger partial charge on any atom is -0.462 e. The molecule has 0 heterocycles. The molecular formula is C51H92O6. The molecule has 0 bridgehead atoms. The lowest BCUT2D eigenvalue weighted by atomic mass is 10.0. The molecule has 0 aromatic heterocycles. The molecule has 0 fully saturated rings. The van der Waals surface area contributed by atoms with Crippen molar-refractivity contribution in [3.8, 4) is 0 Å². The third-order valence-corrected chi connectivity index (χ3v) is 10.7. The fourth-order valence-electron chi connectivity index (χ4n) is 6.99. The van der Waals surface area contributed by atoms with Crippen molar-refractivity contribution in [1.29, 1.82) is 0 Å². The summed E-state index contributed by atoms with van der Waals surface area (Å²) in [6.45, 7) is 6.52. The van der Waals surface area contributed by atoms with Crippen molar-refractivity contribution in [1.82, 2.24) is 0 Å². The van der Waals surface area contributed by atoms with Gasteiger partial charge in [-0.05, 0) is 51.4 Å². The van der Waals surface area contributed by atoms with E-state index in [2.05, 4.69) is 57.2 Å². The number of carbonyl (C=O) groups is 3. The largest absolute Gasteiger partial charge is 0.462 e. The minimum atomic E-state index is -0.772. The van der Waals surface area contributed by atoms with Crippen LogP contribution < -0.4 is 0 Å². The summed E-state index contributed by atoms with van der Waals surface area (Å²) in [5.41, 5.74) is 0. The van der Waals surface area contributed by atoms with Crippen LogP contribution in [0.4, 0.5) is 0 Å². The molecule has 1 atom stereocenters. The highest BCUT2D eigenvalue weighted by Gasteiger charge is 2.19. The molecule has 0 N–H and O–H groups in total. The smallest absolute Gasteiger partial charge is 0.306 e. The van der Waals surface area contributed by atoms with Crippen molar-refractivity contribution < 1.29 is 28.6 Å². The summed E-state index contributed by atoms with van der Waals surface area (Å²) in [6, 6.07) is 0. The average molecular weight is 801 g/mol. The molecule has 0 aliphatic rings. The Balaban J connectivity index is 4.37. The van der Waals surface area contributed by atoms with Gasteiger partial charge in [0.15, 0.2) is 6.10 Å². The van der Waals surface area contributed by atoms with Crippen molar-refractivity contribution in [3.05, 3.63) is 36.5 Å². The van der Waals surface area contributed by atoms with Crippen LogP contribution in [0.2, 0.25) is 0 Å². The third-order valence-electron chi connectivity index (χ3n) is 10.7. The molecule has 0 radical (unpaired) electrons. The lowest BCUT2D eigenvalue weighted by molar-refractivity contribution is -0.167. The van der Waals surface area contributed by atoms with Crippen LogP contribution in [0.1, 0.15) is 252 Å². The minimum absolute atomic E-state index is 0.0738. The Morgan fingerprint density at radius 1 is 0.368 bits per heavy atom. The molecule has 0 aromatic carbocycles. The van der Waals surface area contributed by atoms with E-state index in [1.807, 2.05) is 0 Å². The van der Waals surface area contributed by atoms with E-state index in [0.717, 1.165) is 96.3 Å². The van der Waals surface area contributed by atoms with Gasteiger partial charge in [0, 0.05) is 19.3 Å². The first-order valence-electron chi connectivity index (χ1n) is 24.5. The van der Waals surface area contributed by atoms with Gasteiger partial charge in [-0.15, -0.1) is 0 Å². The van der Waals surface area contributed by atoms with Crippen molar-refractivity contribution in [2.45, 2.75) is 258 Å². The molecule has 332 valence electrons. The zero-order valence-electron chi connectivity index (χ0n) is 37.9. The van der Waals surface area contributed by atoms with Gasteiger partial charge in [0.1, 0.15) is 13.2 Å². The number of ether oxygens (including phenoxy) is 3. The van der Waals surface area contributed by atoms with E-state index in [0.29, 0.717) is 19.3 Å². The number of esters is 3. The summed E-state index contributed by atoms with van der Waals surface area (Å²) in [6.07, 6.45) is 52.6. The number of unbranched alkanes of at least 4 members (excludes halogenated alkanes) is 27. The van der Waals surface area contributed by atoms with E-state index in [1.165, 1.54) is 116 Å². The summed E-state index contributed by atoms with van der Waals surface area (Å²) in [4.78, 5) is 37.8. The fourth-order valence-corrected chi connectivity index (χ4v) is 6.99. The second kappa shape index (κ2) is 46.3. The molecule has 6 nitrogen and oxygen atoms in total. The van der Waals surface area contributed by atoms with Crippen LogP contribution in [-0.4, -0.2) is 37.2 Å². The molecule has 0 saturated heterocycles. The van der Waals surface area contributed by atoms with E-state index < -0.39 is 6.10 Å². The highest BCUT2D eigenvalue weighted by molar-refractivity contribution is 5.71. The van der Waals surface area contributed by atoms with Crippen molar-refractivity contribution in [2.75, 3.05) is 13.2 Å². The van der Waals surface area contributed by atoms with E-state index in [9.17, 15) is 14.4 Å². The molecule has 0 aliphatic carbocycles. The first kappa shape index (κ1) is 54.6. The SMILES string of the molecule is CC/C=C\C/C=C\C/C=C\CCCCCCCC(=O)OC[C@H](COC(=O)CCCCCCCCCCCCCC)OC(=O)CCCCCCCCCCCCCC. The second-order valence-electron chi connectivity index (χ2n) is 16.4. The lowest BCUT2D eigenvalue weighted by Crippen LogP contribution is -2.30. The standard InChI is InChI=1S/C51H92O6/c1-4-7-10-13-16-19-22-25-26-27-30-32-35-38-41-44-50(53)56-47-48(57-51(54)45-42-39-36-33-29-24-21-18-15-12-9-6-3)46-55-49(52)43-40-37-34-31-28-23-20-17-14-11-8-5-2/h7,10,16,19,25-26,48H,4-6,8-9,11-15,17-18,20-24,27-47H2,1-3H3/b10-7-,19-16-,26-25-/t48-/m0/s1. The molecule has 0 amide bonds. The van der Waals surface area contributed by atoms with Crippen LogP contribution in [0, 0.1) is 0 Å². The van der Waals surface area contributed by atoms with Gasteiger partial charge in [-0.25, -0.2) is 0 Å². The number of allylic oxidation sites excluding steroid dienone is 6. The van der Waals surface area contributed by atoms with Crippen LogP contribution in [0.3, 0.4) is 0 Å². The van der Waals surface area contributed by atoms with Crippen LogP contribution in [-0.2, 0) is 28.6 Å². The maximum atomic E-state index is 12.7. The van der Waals surface area contributed by atoms with Gasteiger partial charge < -0.3 is 14.2 Å². The zero-order valence-corrected chi connectivity index (χ0v) is 37.9. The molecule has 57 heavy (non-hydrogen) atoms. The fraction of sp³-hybridized carbons (Fsp3) is 0.824. The molecule has 6 heteroatoms. The molecule has 0 rings (SSSR count). The van der Waals surface area contributed by atoms with Crippen LogP contribution >= 0.6 is 0 Å². The molecular weight excluding hydrogens is 709 g/mol. The van der Waals surface area contributed by atoms with Gasteiger partial charge in [0.05, 0.1) is 0 Å². The normalized spacial score (nSPS) is 12.3. The van der Waals surface area contributed by atoms with Gasteiger partial charge in [-0.1, -0.05) is 218 Å². The van der Waals surface area contributed by atoms with Gasteiger partial charge in [0.2, 0.25) is 0 Å². The highest BCUT2D eigenvalue weighted by Crippen LogP contribution is 2.15. The Morgan fingerprint density at radius 3 is 1.07 bits per heavy atom. The van der Waals surface area contributed by atoms with E-state index in [4.69, 9.17) is 14.2 Å². The average Bonchev–Trinajstić information content (AvgIpc) is 3.21. The Morgan fingerprint density at radius 2 is 0.684 bits per heavy atom. The maximum absolute atomic E-state index is 12.7. The second-order valence-corrected chi connectivity index (χ2v) is 16.4. The van der Waals surface area contributed by atoms with Gasteiger partial charge in [-0.2, -0.15) is 0 Å². The topological polar surface area (TPSA) is 78.9 Å². The first-order valence-corrected chi connectivity index (χ1v) is 24.5. The summed E-state index contributed by atoms with van der Waals surface area (Å²) in [5, 5.41) is 0. The Hall–Kier alpha value is -2.37. The molecule has 0 spiro atoms. The van der Waals surface area contributed by atoms with E-state index >= 15 is 0 Å². The van der Waals surface area contributed by atoms with Crippen molar-refractivity contribution in [2.24, 2.45) is 0 Å². The van der Waals surface area contributed by atoms with Crippen LogP contribution in [0.25, 0.3) is 0 Å². The van der Waals surface area contributed by atoms with Crippen molar-refractivity contribution >= 4 is 17.9 Å². The Labute approximate surface area is 353 Å². The molecule has 0 aliphatic heterocycles. The maximum Gasteiger partial charge on any atom is 0.306 e. The monoisotopic (exact) mass is 801 g/mol. The summed E-state index contributed by atoms with van der Waals surface area (Å²) in [7, 11) is 0. The molecule has 0 unspecified atom stereocenters. The lowest BCUT2D eigenvalue weighted by Gasteiger charge is -2.18. The summed E-state index contributed by atoms with van der Waals surface area (Å²) >= 11 is 0. The Kier molecular flexibility index (Phi) is 44.4. The Bertz CT molecular complexity index is 969. The molecule has 0 saturated carbocycles. The van der Waals surface area contributed by atoms with Gasteiger partial charge in [0.25, 0.3) is 0 Å². The van der Waals surface area contributed by atoms with Crippen LogP contribution in [0.15, 0.2) is 36.5 Å². The quantitative estimate of drug-likeness (QED) is 0.0264. The number of hydrogen-bond donors (Lipinski definition) is 0. The van der Waals surface area contributed by atoms with E-state index in [-0.39, 0.29) is 31.1 Å². The highest BCUT2D eigenvalue weighted by atomic mass is 16.6. The van der Waals surface area contributed by atoms with E-state index in [1.54, 1.807) is 0 Å². The van der Waals surface area contributed by atoms with Gasteiger partial charge >= 0.3 is 17.9 Å². The first-order chi connectivity index (χ1) is 28.0. The van der Waals surface area contributed by atoms with Crippen LogP contribution in [0.5, 0.6) is 0 Å². The number of hydrogen-bond acceptors (Lipinski definition) is 6. The zero-order chi connectivity index (χ0) is 41.5. The predicted octanol–water partition coefficient (Wildman–Crippen LogP) is 15.8. The molecule has 0 aromatic rings. The summed E-state index contributed by atoms with van der Waals surface area (Å²) in [5.74, 6) is -0.884.